The highest BCUT2D eigenvalue weighted by molar-refractivity contribution is 5.28. The first-order chi connectivity index (χ1) is 9.28. The molecule has 2 heterocycles. The Morgan fingerprint density at radius 3 is 2.90 bits per heavy atom. The summed E-state index contributed by atoms with van der Waals surface area (Å²) in [6.45, 7) is 5.08. The Bertz CT molecular complexity index is 463. The molecule has 112 valence electrons. The number of nitrogens with zero attached hydrogens (tertiary/aromatic N) is 1. The van der Waals surface area contributed by atoms with Gasteiger partial charge in [0.15, 0.2) is 0 Å². The highest BCUT2D eigenvalue weighted by Gasteiger charge is 2.35. The minimum absolute atomic E-state index is 0.0243. The quantitative estimate of drug-likeness (QED) is 0.927. The van der Waals surface area contributed by atoms with E-state index >= 15 is 0 Å². The Hall–Kier alpha value is -1.34. The number of pyridine rings is 1. The van der Waals surface area contributed by atoms with Crippen LogP contribution in [-0.2, 0) is 10.9 Å². The molecule has 0 saturated carbocycles. The predicted molar refractivity (Wildman–Crippen MR) is 66.6 cm³/mol. The molecule has 0 amide bonds. The number of hydrogen-bond acceptors (Lipinski definition) is 4. The van der Waals surface area contributed by atoms with E-state index < -0.39 is 17.6 Å². The van der Waals surface area contributed by atoms with E-state index in [0.29, 0.717) is 13.1 Å². The van der Waals surface area contributed by atoms with Gasteiger partial charge in [0.1, 0.15) is 18.3 Å². The van der Waals surface area contributed by atoms with E-state index in [4.69, 9.17) is 9.47 Å². The van der Waals surface area contributed by atoms with Crippen molar-refractivity contribution in [2.75, 3.05) is 19.7 Å². The van der Waals surface area contributed by atoms with Gasteiger partial charge in [-0.2, -0.15) is 13.2 Å². The summed E-state index contributed by atoms with van der Waals surface area (Å²) < 4.78 is 49.2. The van der Waals surface area contributed by atoms with Gasteiger partial charge >= 0.3 is 6.18 Å². The van der Waals surface area contributed by atoms with Crippen LogP contribution < -0.4 is 10.1 Å². The first-order valence-corrected chi connectivity index (χ1v) is 6.31. The van der Waals surface area contributed by atoms with Gasteiger partial charge in [0.05, 0.1) is 5.60 Å². The fourth-order valence-electron chi connectivity index (χ4n) is 2.06. The smallest absolute Gasteiger partial charge is 0.421 e. The number of morpholine rings is 1. The molecule has 4 nitrogen and oxygen atoms in total. The summed E-state index contributed by atoms with van der Waals surface area (Å²) in [7, 11) is 0. The maximum atomic E-state index is 12.8. The van der Waals surface area contributed by atoms with Crippen molar-refractivity contribution in [2.24, 2.45) is 0 Å². The lowest BCUT2D eigenvalue weighted by atomic mass is 10.1. The molecule has 1 aliphatic heterocycles. The maximum Gasteiger partial charge on any atom is 0.421 e. The highest BCUT2D eigenvalue weighted by atomic mass is 19.4. The summed E-state index contributed by atoms with van der Waals surface area (Å²) >= 11 is 0. The topological polar surface area (TPSA) is 43.4 Å². The van der Waals surface area contributed by atoms with Crippen LogP contribution in [-0.4, -0.2) is 36.4 Å². The molecule has 1 aliphatic rings. The van der Waals surface area contributed by atoms with E-state index in [2.05, 4.69) is 10.3 Å². The molecule has 0 aliphatic carbocycles. The van der Waals surface area contributed by atoms with Gasteiger partial charge in [-0.05, 0) is 26.0 Å². The van der Waals surface area contributed by atoms with Crippen LogP contribution in [0.2, 0.25) is 0 Å². The maximum absolute atomic E-state index is 12.8. The number of halogens is 3. The summed E-state index contributed by atoms with van der Waals surface area (Å²) in [6.07, 6.45) is -3.51. The SMILES string of the molecule is CC1(C)CNCC(COc2ncccc2C(F)(F)F)O1. The molecule has 7 heteroatoms. The minimum Gasteiger partial charge on any atom is -0.474 e. The molecule has 0 bridgehead atoms. The van der Waals surface area contributed by atoms with Crippen molar-refractivity contribution in [2.45, 2.75) is 31.7 Å². The molecule has 2 rings (SSSR count). The molecule has 1 aromatic heterocycles. The van der Waals surface area contributed by atoms with Crippen molar-refractivity contribution < 1.29 is 22.6 Å². The Morgan fingerprint density at radius 1 is 1.50 bits per heavy atom. The molecular formula is C13H17F3N2O2. The molecule has 1 unspecified atom stereocenters. The van der Waals surface area contributed by atoms with Gasteiger partial charge in [-0.3, -0.25) is 0 Å². The molecule has 0 aromatic carbocycles. The molecule has 1 atom stereocenters. The van der Waals surface area contributed by atoms with E-state index in [1.54, 1.807) is 0 Å². The van der Waals surface area contributed by atoms with Crippen LogP contribution in [0.5, 0.6) is 5.88 Å². The van der Waals surface area contributed by atoms with Crippen LogP contribution in [0.4, 0.5) is 13.2 Å². The predicted octanol–water partition coefficient (Wildman–Crippen LogP) is 2.25. The molecule has 20 heavy (non-hydrogen) atoms. The van der Waals surface area contributed by atoms with Gasteiger partial charge in [-0.25, -0.2) is 4.98 Å². The van der Waals surface area contributed by atoms with Crippen LogP contribution in [0.3, 0.4) is 0 Å². The van der Waals surface area contributed by atoms with Crippen LogP contribution >= 0.6 is 0 Å². The zero-order valence-electron chi connectivity index (χ0n) is 11.3. The standard InChI is InChI=1S/C13H17F3N2O2/c1-12(2)8-17-6-9(20-12)7-19-11-10(13(14,15)16)4-3-5-18-11/h3-5,9,17H,6-8H2,1-2H3. The van der Waals surface area contributed by atoms with Gasteiger partial charge < -0.3 is 14.8 Å². The van der Waals surface area contributed by atoms with Gasteiger partial charge in [-0.15, -0.1) is 0 Å². The van der Waals surface area contributed by atoms with Crippen LogP contribution in [0.25, 0.3) is 0 Å². The normalized spacial score (nSPS) is 22.6. The number of rotatable bonds is 3. The average molecular weight is 290 g/mol. The van der Waals surface area contributed by atoms with Gasteiger partial charge in [0.25, 0.3) is 0 Å². The number of nitrogens with one attached hydrogen (secondary N) is 1. The number of hydrogen-bond donors (Lipinski definition) is 1. The van der Waals surface area contributed by atoms with E-state index in [9.17, 15) is 13.2 Å². The summed E-state index contributed by atoms with van der Waals surface area (Å²) in [4.78, 5) is 3.65. The summed E-state index contributed by atoms with van der Waals surface area (Å²) in [6, 6.07) is 2.18. The zero-order valence-corrected chi connectivity index (χ0v) is 11.3. The second-order valence-corrected chi connectivity index (χ2v) is 5.30. The molecule has 1 saturated heterocycles. The van der Waals surface area contributed by atoms with Crippen LogP contribution in [0, 0.1) is 0 Å². The minimum atomic E-state index is -4.48. The lowest BCUT2D eigenvalue weighted by molar-refractivity contribution is -0.140. The van der Waals surface area contributed by atoms with Crippen molar-refractivity contribution >= 4 is 0 Å². The largest absolute Gasteiger partial charge is 0.474 e. The fraction of sp³-hybridized carbons (Fsp3) is 0.615. The van der Waals surface area contributed by atoms with Crippen molar-refractivity contribution in [3.8, 4) is 5.88 Å². The third kappa shape index (κ3) is 3.83. The number of ether oxygens (including phenoxy) is 2. The first kappa shape index (κ1) is 15.1. The monoisotopic (exact) mass is 290 g/mol. The van der Waals surface area contributed by atoms with Gasteiger partial charge in [0, 0.05) is 19.3 Å². The van der Waals surface area contributed by atoms with Gasteiger partial charge in [-0.1, -0.05) is 0 Å². The Balaban J connectivity index is 2.01. The second kappa shape index (κ2) is 5.57. The van der Waals surface area contributed by atoms with Crippen molar-refractivity contribution in [3.63, 3.8) is 0 Å². The van der Waals surface area contributed by atoms with E-state index in [-0.39, 0.29) is 18.3 Å². The van der Waals surface area contributed by atoms with E-state index in [0.717, 1.165) is 6.07 Å². The van der Waals surface area contributed by atoms with Crippen molar-refractivity contribution in [3.05, 3.63) is 23.9 Å². The highest BCUT2D eigenvalue weighted by Crippen LogP contribution is 2.34. The first-order valence-electron chi connectivity index (χ1n) is 6.31. The molecular weight excluding hydrogens is 273 g/mol. The Morgan fingerprint density at radius 2 is 2.25 bits per heavy atom. The summed E-state index contributed by atoms with van der Waals surface area (Å²) in [5.74, 6) is -0.410. The molecule has 0 radical (unpaired) electrons. The lowest BCUT2D eigenvalue weighted by Crippen LogP contribution is -2.52. The van der Waals surface area contributed by atoms with E-state index in [1.165, 1.54) is 12.3 Å². The summed E-state index contributed by atoms with van der Waals surface area (Å²) in [5.41, 5.74) is -1.23. The summed E-state index contributed by atoms with van der Waals surface area (Å²) in [5, 5.41) is 3.16. The third-order valence-electron chi connectivity index (χ3n) is 2.89. The second-order valence-electron chi connectivity index (χ2n) is 5.30. The third-order valence-corrected chi connectivity index (χ3v) is 2.89. The molecule has 1 N–H and O–H groups in total. The molecule has 0 spiro atoms. The van der Waals surface area contributed by atoms with Crippen molar-refractivity contribution in [1.29, 1.82) is 0 Å². The van der Waals surface area contributed by atoms with E-state index in [1.807, 2.05) is 13.8 Å². The van der Waals surface area contributed by atoms with Crippen LogP contribution in [0.1, 0.15) is 19.4 Å². The zero-order chi connectivity index (χ0) is 14.8. The average Bonchev–Trinajstić information content (AvgIpc) is 2.34. The van der Waals surface area contributed by atoms with Crippen molar-refractivity contribution in [1.82, 2.24) is 10.3 Å². The Kier molecular flexibility index (Phi) is 4.19. The number of aromatic nitrogens is 1. The van der Waals surface area contributed by atoms with Gasteiger partial charge in [0.2, 0.25) is 5.88 Å². The fourth-order valence-corrected chi connectivity index (χ4v) is 2.06. The Labute approximate surface area is 115 Å². The lowest BCUT2D eigenvalue weighted by Gasteiger charge is -2.36. The van der Waals surface area contributed by atoms with Crippen LogP contribution in [0.15, 0.2) is 18.3 Å². The molecule has 1 fully saturated rings. The molecule has 1 aromatic rings. The number of alkyl halides is 3.